The summed E-state index contributed by atoms with van der Waals surface area (Å²) in [5, 5.41) is 0. The molecule has 2 saturated heterocycles. The summed E-state index contributed by atoms with van der Waals surface area (Å²) in [5.41, 5.74) is 6.71. The lowest BCUT2D eigenvalue weighted by Gasteiger charge is -2.37. The SMILES string of the molecule is NCc1ccc(N2CCN(CC3CCOCC3)CC2)nc1. The highest BCUT2D eigenvalue weighted by Crippen LogP contribution is 2.19. The van der Waals surface area contributed by atoms with Crippen molar-refractivity contribution in [3.05, 3.63) is 23.9 Å². The fraction of sp³-hybridized carbons (Fsp3) is 0.688. The minimum atomic E-state index is 0.562. The molecule has 0 bridgehead atoms. The number of rotatable bonds is 4. The molecule has 21 heavy (non-hydrogen) atoms. The maximum atomic E-state index is 5.62. The van der Waals surface area contributed by atoms with E-state index >= 15 is 0 Å². The number of nitrogens with two attached hydrogens (primary N) is 1. The van der Waals surface area contributed by atoms with Gasteiger partial charge in [-0.2, -0.15) is 0 Å². The van der Waals surface area contributed by atoms with Gasteiger partial charge in [0.2, 0.25) is 0 Å². The first-order valence-electron chi connectivity index (χ1n) is 8.05. The van der Waals surface area contributed by atoms with Crippen LogP contribution in [0.2, 0.25) is 0 Å². The molecule has 116 valence electrons. The fourth-order valence-electron chi connectivity index (χ4n) is 3.18. The Morgan fingerprint density at radius 2 is 1.90 bits per heavy atom. The summed E-state index contributed by atoms with van der Waals surface area (Å²) in [4.78, 5) is 9.50. The summed E-state index contributed by atoms with van der Waals surface area (Å²) >= 11 is 0. The third kappa shape index (κ3) is 3.93. The Morgan fingerprint density at radius 1 is 1.14 bits per heavy atom. The van der Waals surface area contributed by atoms with Crippen LogP contribution in [0.25, 0.3) is 0 Å². The summed E-state index contributed by atoms with van der Waals surface area (Å²) in [6.07, 6.45) is 4.34. The van der Waals surface area contributed by atoms with Gasteiger partial charge in [-0.05, 0) is 30.4 Å². The molecule has 2 aliphatic rings. The predicted molar refractivity (Wildman–Crippen MR) is 84.3 cm³/mol. The molecule has 3 heterocycles. The maximum absolute atomic E-state index is 5.62. The van der Waals surface area contributed by atoms with Gasteiger partial charge in [-0.25, -0.2) is 4.98 Å². The first-order chi connectivity index (χ1) is 10.3. The van der Waals surface area contributed by atoms with Crippen LogP contribution in [0.4, 0.5) is 5.82 Å². The van der Waals surface area contributed by atoms with E-state index in [2.05, 4.69) is 26.9 Å². The Bertz CT molecular complexity index is 422. The van der Waals surface area contributed by atoms with Gasteiger partial charge in [0.05, 0.1) is 0 Å². The van der Waals surface area contributed by atoms with Crippen molar-refractivity contribution in [3.8, 4) is 0 Å². The first-order valence-corrected chi connectivity index (χ1v) is 8.05. The van der Waals surface area contributed by atoms with Gasteiger partial charge in [-0.15, -0.1) is 0 Å². The van der Waals surface area contributed by atoms with Gasteiger partial charge in [0, 0.05) is 58.7 Å². The lowest BCUT2D eigenvalue weighted by atomic mass is 9.99. The van der Waals surface area contributed by atoms with Gasteiger partial charge in [0.1, 0.15) is 5.82 Å². The van der Waals surface area contributed by atoms with E-state index in [0.717, 1.165) is 56.7 Å². The summed E-state index contributed by atoms with van der Waals surface area (Å²) < 4.78 is 5.44. The molecule has 1 aromatic heterocycles. The molecule has 0 aliphatic carbocycles. The van der Waals surface area contributed by atoms with Crippen LogP contribution in [0.15, 0.2) is 18.3 Å². The van der Waals surface area contributed by atoms with E-state index in [0.29, 0.717) is 6.54 Å². The van der Waals surface area contributed by atoms with E-state index in [9.17, 15) is 0 Å². The first kappa shape index (κ1) is 14.8. The number of hydrogen-bond acceptors (Lipinski definition) is 5. The van der Waals surface area contributed by atoms with E-state index in [1.54, 1.807) is 0 Å². The van der Waals surface area contributed by atoms with Crippen LogP contribution < -0.4 is 10.6 Å². The lowest BCUT2D eigenvalue weighted by molar-refractivity contribution is 0.0517. The zero-order chi connectivity index (χ0) is 14.5. The molecule has 0 amide bonds. The molecular weight excluding hydrogens is 264 g/mol. The number of ether oxygens (including phenoxy) is 1. The van der Waals surface area contributed by atoms with Crippen LogP contribution in [-0.4, -0.2) is 55.8 Å². The second-order valence-electron chi connectivity index (χ2n) is 6.07. The van der Waals surface area contributed by atoms with E-state index in [-0.39, 0.29) is 0 Å². The minimum absolute atomic E-state index is 0.562. The summed E-state index contributed by atoms with van der Waals surface area (Å²) in [6.45, 7) is 8.10. The topological polar surface area (TPSA) is 54.6 Å². The van der Waals surface area contributed by atoms with Crippen molar-refractivity contribution in [2.24, 2.45) is 11.7 Å². The molecule has 5 heteroatoms. The highest BCUT2D eigenvalue weighted by atomic mass is 16.5. The Labute approximate surface area is 127 Å². The number of hydrogen-bond donors (Lipinski definition) is 1. The molecule has 2 fully saturated rings. The van der Waals surface area contributed by atoms with Gasteiger partial charge < -0.3 is 15.4 Å². The number of aromatic nitrogens is 1. The van der Waals surface area contributed by atoms with E-state index < -0.39 is 0 Å². The molecule has 0 atom stereocenters. The molecule has 0 aromatic carbocycles. The van der Waals surface area contributed by atoms with Crippen molar-refractivity contribution in [1.82, 2.24) is 9.88 Å². The van der Waals surface area contributed by atoms with Crippen LogP contribution in [0.1, 0.15) is 18.4 Å². The van der Waals surface area contributed by atoms with Crippen molar-refractivity contribution in [2.75, 3.05) is 50.8 Å². The van der Waals surface area contributed by atoms with Crippen LogP contribution in [-0.2, 0) is 11.3 Å². The van der Waals surface area contributed by atoms with Gasteiger partial charge >= 0.3 is 0 Å². The van der Waals surface area contributed by atoms with Crippen molar-refractivity contribution in [3.63, 3.8) is 0 Å². The number of nitrogens with zero attached hydrogens (tertiary/aromatic N) is 3. The van der Waals surface area contributed by atoms with Gasteiger partial charge in [0.25, 0.3) is 0 Å². The smallest absolute Gasteiger partial charge is 0.128 e. The van der Waals surface area contributed by atoms with Crippen LogP contribution in [0.5, 0.6) is 0 Å². The zero-order valence-electron chi connectivity index (χ0n) is 12.7. The highest BCUT2D eigenvalue weighted by Gasteiger charge is 2.22. The standard InChI is InChI=1S/C16H26N4O/c17-11-15-1-2-16(18-12-15)20-7-5-19(6-8-20)13-14-3-9-21-10-4-14/h1-2,12,14H,3-11,13,17H2. The van der Waals surface area contributed by atoms with Crippen molar-refractivity contribution < 1.29 is 4.74 Å². The third-order valence-corrected chi connectivity index (χ3v) is 4.60. The predicted octanol–water partition coefficient (Wildman–Crippen LogP) is 1.09. The average Bonchev–Trinajstić information content (AvgIpc) is 2.57. The quantitative estimate of drug-likeness (QED) is 0.899. The second-order valence-corrected chi connectivity index (χ2v) is 6.07. The molecule has 1 aromatic rings. The summed E-state index contributed by atoms with van der Waals surface area (Å²) in [7, 11) is 0. The Balaban J connectivity index is 1.47. The van der Waals surface area contributed by atoms with Crippen LogP contribution in [0.3, 0.4) is 0 Å². The minimum Gasteiger partial charge on any atom is -0.381 e. The monoisotopic (exact) mass is 290 g/mol. The van der Waals surface area contributed by atoms with E-state index in [4.69, 9.17) is 10.5 Å². The van der Waals surface area contributed by atoms with Gasteiger partial charge in [-0.3, -0.25) is 4.90 Å². The van der Waals surface area contributed by atoms with E-state index in [1.165, 1.54) is 19.4 Å². The largest absolute Gasteiger partial charge is 0.381 e. The maximum Gasteiger partial charge on any atom is 0.128 e. The highest BCUT2D eigenvalue weighted by molar-refractivity contribution is 5.39. The van der Waals surface area contributed by atoms with Crippen LogP contribution in [0, 0.1) is 5.92 Å². The molecule has 2 aliphatic heterocycles. The molecule has 0 saturated carbocycles. The Kier molecular flexibility index (Phi) is 5.06. The molecule has 0 unspecified atom stereocenters. The van der Waals surface area contributed by atoms with Crippen LogP contribution >= 0.6 is 0 Å². The summed E-state index contributed by atoms with van der Waals surface area (Å²) in [5.74, 6) is 1.91. The van der Waals surface area contributed by atoms with Gasteiger partial charge in [-0.1, -0.05) is 6.07 Å². The third-order valence-electron chi connectivity index (χ3n) is 4.60. The molecule has 2 N–H and O–H groups in total. The van der Waals surface area contributed by atoms with Crippen molar-refractivity contribution in [1.29, 1.82) is 0 Å². The Morgan fingerprint density at radius 3 is 2.52 bits per heavy atom. The second kappa shape index (κ2) is 7.20. The number of piperazine rings is 1. The van der Waals surface area contributed by atoms with E-state index in [1.807, 2.05) is 6.20 Å². The molecule has 5 nitrogen and oxygen atoms in total. The fourth-order valence-corrected chi connectivity index (χ4v) is 3.18. The molecule has 0 radical (unpaired) electrons. The number of anilines is 1. The molecule has 3 rings (SSSR count). The Hall–Kier alpha value is -1.17. The lowest BCUT2D eigenvalue weighted by Crippen LogP contribution is -2.48. The van der Waals surface area contributed by atoms with Crippen molar-refractivity contribution in [2.45, 2.75) is 19.4 Å². The molecule has 0 spiro atoms. The number of pyridine rings is 1. The summed E-state index contributed by atoms with van der Waals surface area (Å²) in [6, 6.07) is 4.17. The normalized spacial score (nSPS) is 21.7. The van der Waals surface area contributed by atoms with Gasteiger partial charge in [0.15, 0.2) is 0 Å². The zero-order valence-corrected chi connectivity index (χ0v) is 12.7. The molecular formula is C16H26N4O. The van der Waals surface area contributed by atoms with Crippen molar-refractivity contribution >= 4 is 5.82 Å². The average molecular weight is 290 g/mol.